The summed E-state index contributed by atoms with van der Waals surface area (Å²) < 4.78 is 10.9. The normalized spacial score (nSPS) is 18.0. The van der Waals surface area contributed by atoms with Gasteiger partial charge in [-0.1, -0.05) is 13.8 Å². The third-order valence-corrected chi connectivity index (χ3v) is 4.49. The molecule has 1 unspecified atom stereocenters. The van der Waals surface area contributed by atoms with E-state index >= 15 is 0 Å². The van der Waals surface area contributed by atoms with E-state index in [2.05, 4.69) is 29.8 Å². The zero-order chi connectivity index (χ0) is 18.7. The summed E-state index contributed by atoms with van der Waals surface area (Å²) in [7, 11) is 0. The Balaban J connectivity index is 1.50. The maximum absolute atomic E-state index is 12.2. The van der Waals surface area contributed by atoms with Gasteiger partial charge < -0.3 is 24.8 Å². The fourth-order valence-electron chi connectivity index (χ4n) is 3.34. The summed E-state index contributed by atoms with van der Waals surface area (Å²) in [6, 6.07) is 5.01. The van der Waals surface area contributed by atoms with Gasteiger partial charge in [0.1, 0.15) is 17.3 Å². The van der Waals surface area contributed by atoms with Crippen molar-refractivity contribution in [2.24, 2.45) is 5.41 Å². The molecule has 0 radical (unpaired) electrons. The lowest BCUT2D eigenvalue weighted by Gasteiger charge is -2.34. The first-order valence-electron chi connectivity index (χ1n) is 8.75. The number of hydrogen-bond donors (Lipinski definition) is 3. The van der Waals surface area contributed by atoms with Crippen LogP contribution in [0.3, 0.4) is 0 Å². The molecule has 1 atom stereocenters. The molecule has 7 nitrogen and oxygen atoms in total. The van der Waals surface area contributed by atoms with Crippen LogP contribution in [-0.4, -0.2) is 18.5 Å². The quantitative estimate of drug-likeness (QED) is 0.765. The van der Waals surface area contributed by atoms with Crippen LogP contribution in [0.1, 0.15) is 49.2 Å². The van der Waals surface area contributed by atoms with Gasteiger partial charge in [-0.05, 0) is 37.0 Å². The predicted molar refractivity (Wildman–Crippen MR) is 95.4 cm³/mol. The Bertz CT molecular complexity index is 777. The van der Waals surface area contributed by atoms with Crippen LogP contribution in [0.15, 0.2) is 33.3 Å². The monoisotopic (exact) mass is 359 g/mol. The molecule has 0 fully saturated rings. The lowest BCUT2D eigenvalue weighted by Crippen LogP contribution is -2.44. The molecule has 0 aromatic carbocycles. The number of amides is 3. The summed E-state index contributed by atoms with van der Waals surface area (Å²) in [5.41, 5.74) is 1.06. The third-order valence-electron chi connectivity index (χ3n) is 4.49. The summed E-state index contributed by atoms with van der Waals surface area (Å²) in [4.78, 5) is 24.1. The molecule has 3 rings (SSSR count). The minimum Gasteiger partial charge on any atom is -0.467 e. The third kappa shape index (κ3) is 4.47. The number of carbonyl (C=O) groups is 2. The van der Waals surface area contributed by atoms with Crippen molar-refractivity contribution < 1.29 is 18.4 Å². The van der Waals surface area contributed by atoms with Crippen molar-refractivity contribution in [1.29, 1.82) is 0 Å². The van der Waals surface area contributed by atoms with Gasteiger partial charge in [0.15, 0.2) is 0 Å². The maximum atomic E-state index is 12.2. The van der Waals surface area contributed by atoms with Gasteiger partial charge in [-0.15, -0.1) is 0 Å². The zero-order valence-electron chi connectivity index (χ0n) is 15.3. The molecule has 0 saturated carbocycles. The second kappa shape index (κ2) is 7.27. The van der Waals surface area contributed by atoms with Crippen LogP contribution < -0.4 is 16.0 Å². The van der Waals surface area contributed by atoms with Crippen molar-refractivity contribution in [1.82, 2.24) is 16.0 Å². The molecule has 2 aromatic rings. The Labute approximate surface area is 152 Å². The summed E-state index contributed by atoms with van der Waals surface area (Å²) in [6.07, 6.45) is 3.22. The van der Waals surface area contributed by atoms with E-state index in [1.807, 2.05) is 13.0 Å². The fraction of sp³-hybridized carbons (Fsp3) is 0.474. The van der Waals surface area contributed by atoms with E-state index in [1.165, 1.54) is 0 Å². The van der Waals surface area contributed by atoms with Gasteiger partial charge in [0, 0.05) is 12.0 Å². The zero-order valence-corrected chi connectivity index (χ0v) is 15.3. The van der Waals surface area contributed by atoms with E-state index in [4.69, 9.17) is 8.83 Å². The van der Waals surface area contributed by atoms with Gasteiger partial charge in [0.05, 0.1) is 25.4 Å². The first kappa shape index (κ1) is 18.1. The molecule has 7 heteroatoms. The van der Waals surface area contributed by atoms with Crippen molar-refractivity contribution in [3.63, 3.8) is 0 Å². The standard InChI is InChI=1S/C19H25N3O4/c1-12-7-14-15(8-19(2,3)9-16(14)26-12)22-18(24)21-11-17(23)20-10-13-5-4-6-25-13/h4-7,15H,8-11H2,1-3H3,(H,20,23)(H2,21,22,24). The van der Waals surface area contributed by atoms with Crippen LogP contribution in [0.25, 0.3) is 0 Å². The fourth-order valence-corrected chi connectivity index (χ4v) is 3.34. The van der Waals surface area contributed by atoms with Gasteiger partial charge >= 0.3 is 6.03 Å². The summed E-state index contributed by atoms with van der Waals surface area (Å²) in [6.45, 7) is 6.42. The van der Waals surface area contributed by atoms with E-state index in [0.29, 0.717) is 12.3 Å². The smallest absolute Gasteiger partial charge is 0.315 e. The van der Waals surface area contributed by atoms with Crippen molar-refractivity contribution in [3.05, 3.63) is 47.3 Å². The number of nitrogens with one attached hydrogen (secondary N) is 3. The molecule has 2 heterocycles. The largest absolute Gasteiger partial charge is 0.467 e. The van der Waals surface area contributed by atoms with E-state index < -0.39 is 0 Å². The molecule has 1 aliphatic rings. The average molecular weight is 359 g/mol. The van der Waals surface area contributed by atoms with Crippen LogP contribution in [0.5, 0.6) is 0 Å². The Hall–Kier alpha value is -2.70. The van der Waals surface area contributed by atoms with Crippen molar-refractivity contribution in [2.45, 2.75) is 46.2 Å². The average Bonchev–Trinajstić information content (AvgIpc) is 3.18. The number of rotatable bonds is 5. The number of carbonyl (C=O) groups excluding carboxylic acids is 2. The molecule has 0 saturated heterocycles. The molecular weight excluding hydrogens is 334 g/mol. The van der Waals surface area contributed by atoms with Crippen LogP contribution >= 0.6 is 0 Å². The van der Waals surface area contributed by atoms with Crippen LogP contribution in [-0.2, 0) is 17.8 Å². The summed E-state index contributed by atoms with van der Waals surface area (Å²) >= 11 is 0. The van der Waals surface area contributed by atoms with E-state index in [0.717, 1.165) is 29.9 Å². The van der Waals surface area contributed by atoms with Gasteiger partial charge in [-0.2, -0.15) is 0 Å². The SMILES string of the molecule is Cc1cc2c(o1)CC(C)(C)CC2NC(=O)NCC(=O)NCc1ccco1. The Morgan fingerprint density at radius 2 is 2.12 bits per heavy atom. The highest BCUT2D eigenvalue weighted by atomic mass is 16.3. The van der Waals surface area contributed by atoms with Crippen LogP contribution in [0.4, 0.5) is 4.79 Å². The number of urea groups is 1. The Kier molecular flexibility index (Phi) is 5.06. The molecule has 140 valence electrons. The van der Waals surface area contributed by atoms with Crippen LogP contribution in [0.2, 0.25) is 0 Å². The summed E-state index contributed by atoms with van der Waals surface area (Å²) in [5.74, 6) is 2.16. The highest BCUT2D eigenvalue weighted by Gasteiger charge is 2.35. The second-order valence-corrected chi connectivity index (χ2v) is 7.52. The molecule has 0 aliphatic heterocycles. The molecule has 26 heavy (non-hydrogen) atoms. The maximum Gasteiger partial charge on any atom is 0.315 e. The molecule has 3 amide bonds. The molecule has 2 aromatic heterocycles. The number of furan rings is 2. The highest BCUT2D eigenvalue weighted by Crippen LogP contribution is 2.41. The molecule has 3 N–H and O–H groups in total. The first-order chi connectivity index (χ1) is 12.3. The van der Waals surface area contributed by atoms with E-state index in [1.54, 1.807) is 18.4 Å². The van der Waals surface area contributed by atoms with Crippen molar-refractivity contribution in [3.8, 4) is 0 Å². The minimum atomic E-state index is -0.370. The van der Waals surface area contributed by atoms with Crippen LogP contribution in [0, 0.1) is 12.3 Å². The number of aryl methyl sites for hydroxylation is 1. The minimum absolute atomic E-state index is 0.0374. The van der Waals surface area contributed by atoms with Gasteiger partial charge in [0.2, 0.25) is 5.91 Å². The van der Waals surface area contributed by atoms with Gasteiger partial charge in [-0.25, -0.2) is 4.79 Å². The topological polar surface area (TPSA) is 96.5 Å². The molecular formula is C19H25N3O4. The van der Waals surface area contributed by atoms with E-state index in [9.17, 15) is 9.59 Å². The predicted octanol–water partition coefficient (Wildman–Crippen LogP) is 2.81. The van der Waals surface area contributed by atoms with Gasteiger partial charge in [0.25, 0.3) is 0 Å². The van der Waals surface area contributed by atoms with E-state index in [-0.39, 0.29) is 29.9 Å². The first-order valence-corrected chi connectivity index (χ1v) is 8.75. The van der Waals surface area contributed by atoms with Crippen molar-refractivity contribution >= 4 is 11.9 Å². The number of hydrogen-bond acceptors (Lipinski definition) is 4. The number of fused-ring (bicyclic) bond motifs is 1. The lowest BCUT2D eigenvalue weighted by atomic mass is 9.75. The molecule has 0 bridgehead atoms. The molecule has 1 aliphatic carbocycles. The molecule has 0 spiro atoms. The van der Waals surface area contributed by atoms with Crippen molar-refractivity contribution in [2.75, 3.05) is 6.54 Å². The lowest BCUT2D eigenvalue weighted by molar-refractivity contribution is -0.120. The highest BCUT2D eigenvalue weighted by molar-refractivity contribution is 5.84. The second-order valence-electron chi connectivity index (χ2n) is 7.52. The summed E-state index contributed by atoms with van der Waals surface area (Å²) in [5, 5.41) is 8.25. The Morgan fingerprint density at radius 3 is 2.85 bits per heavy atom. The van der Waals surface area contributed by atoms with Gasteiger partial charge in [-0.3, -0.25) is 4.79 Å². The Morgan fingerprint density at radius 1 is 1.31 bits per heavy atom.